The van der Waals surface area contributed by atoms with Crippen LogP contribution in [0.1, 0.15) is 52.8 Å². The normalized spacial score (nSPS) is 16.5. The summed E-state index contributed by atoms with van der Waals surface area (Å²) in [5.41, 5.74) is 4.07. The van der Waals surface area contributed by atoms with Crippen molar-refractivity contribution in [2.45, 2.75) is 51.9 Å². The fourth-order valence-electron chi connectivity index (χ4n) is 4.61. The second-order valence-electron chi connectivity index (χ2n) is 9.06. The van der Waals surface area contributed by atoms with Gasteiger partial charge in [0.05, 0.1) is 12.0 Å². The summed E-state index contributed by atoms with van der Waals surface area (Å²) < 4.78 is 0. The van der Waals surface area contributed by atoms with Gasteiger partial charge in [-0.15, -0.1) is 11.3 Å². The van der Waals surface area contributed by atoms with E-state index in [-0.39, 0.29) is 11.8 Å². The van der Waals surface area contributed by atoms with Gasteiger partial charge in [0.25, 0.3) is 0 Å². The summed E-state index contributed by atoms with van der Waals surface area (Å²) in [5.74, 6) is 0.124. The summed E-state index contributed by atoms with van der Waals surface area (Å²) in [7, 11) is 0. The van der Waals surface area contributed by atoms with E-state index < -0.39 is 0 Å². The summed E-state index contributed by atoms with van der Waals surface area (Å²) in [6, 6.07) is 10.4. The lowest BCUT2D eigenvalue weighted by Gasteiger charge is -2.34. The third-order valence-electron chi connectivity index (χ3n) is 6.64. The largest absolute Gasteiger partial charge is 0.340 e. The highest BCUT2D eigenvalue weighted by molar-refractivity contribution is 7.16. The summed E-state index contributed by atoms with van der Waals surface area (Å²) in [6.45, 7) is 5.67. The van der Waals surface area contributed by atoms with E-state index in [9.17, 15) is 14.9 Å². The number of fused-ring (bicyclic) bond motifs is 1. The van der Waals surface area contributed by atoms with Crippen LogP contribution in [0.25, 0.3) is 0 Å². The molecule has 0 bridgehead atoms. The third kappa shape index (κ3) is 6.01. The summed E-state index contributed by atoms with van der Waals surface area (Å²) in [5, 5.41) is 13.4. The number of rotatable bonds is 6. The van der Waals surface area contributed by atoms with Gasteiger partial charge in [-0.25, -0.2) is 0 Å². The third-order valence-corrected chi connectivity index (χ3v) is 7.85. The van der Waals surface area contributed by atoms with Gasteiger partial charge in [0.1, 0.15) is 11.1 Å². The maximum Gasteiger partial charge on any atom is 0.227 e. The molecule has 1 aliphatic carbocycles. The van der Waals surface area contributed by atoms with E-state index in [0.29, 0.717) is 38.0 Å². The smallest absolute Gasteiger partial charge is 0.227 e. The molecule has 0 atom stereocenters. The molecule has 174 valence electrons. The molecule has 6 nitrogen and oxygen atoms in total. The van der Waals surface area contributed by atoms with Crippen LogP contribution < -0.4 is 5.32 Å². The Morgan fingerprint density at radius 2 is 1.79 bits per heavy atom. The number of aryl methyl sites for hydroxylation is 2. The van der Waals surface area contributed by atoms with Gasteiger partial charge >= 0.3 is 0 Å². The molecule has 2 amide bonds. The zero-order chi connectivity index (χ0) is 23.2. The van der Waals surface area contributed by atoms with Crippen LogP contribution in [0.3, 0.4) is 0 Å². The first-order valence-electron chi connectivity index (χ1n) is 11.9. The van der Waals surface area contributed by atoms with Gasteiger partial charge in [0, 0.05) is 44.0 Å². The number of anilines is 1. The average Bonchev–Trinajstić information content (AvgIpc) is 2.98. The fraction of sp³-hybridized carbons (Fsp3) is 0.500. The lowest BCUT2D eigenvalue weighted by atomic mass is 10.1. The molecule has 1 saturated heterocycles. The molecular weight excluding hydrogens is 432 g/mol. The maximum absolute atomic E-state index is 12.6. The zero-order valence-corrected chi connectivity index (χ0v) is 20.2. The standard InChI is InChI=1S/C26H32N4O2S/c1-19-7-9-20(10-8-19)17-25(32)30-15-13-29(14-16-30)12-11-24(31)28-26-22(18-27)21-5-3-2-4-6-23(21)33-26/h7-10H,2-6,11-17H2,1H3,(H,28,31). The SMILES string of the molecule is Cc1ccc(CC(=O)N2CCN(CCC(=O)Nc3sc4c(c3C#N)CCCCC4)CC2)cc1. The topological polar surface area (TPSA) is 76.4 Å². The lowest BCUT2D eigenvalue weighted by molar-refractivity contribution is -0.132. The van der Waals surface area contributed by atoms with Crippen molar-refractivity contribution in [3.63, 3.8) is 0 Å². The highest BCUT2D eigenvalue weighted by Gasteiger charge is 2.23. The summed E-state index contributed by atoms with van der Waals surface area (Å²) in [6.07, 6.45) is 6.27. The van der Waals surface area contributed by atoms with E-state index in [2.05, 4.69) is 16.3 Å². The first-order valence-corrected chi connectivity index (χ1v) is 12.8. The van der Waals surface area contributed by atoms with E-state index in [1.807, 2.05) is 36.1 Å². The predicted octanol–water partition coefficient (Wildman–Crippen LogP) is 3.91. The van der Waals surface area contributed by atoms with E-state index in [0.717, 1.165) is 54.9 Å². The molecule has 1 aromatic heterocycles. The van der Waals surface area contributed by atoms with Crippen LogP contribution in [0, 0.1) is 18.3 Å². The summed E-state index contributed by atoms with van der Waals surface area (Å²) in [4.78, 5) is 30.6. The minimum atomic E-state index is -0.0409. The molecule has 4 rings (SSSR count). The predicted molar refractivity (Wildman–Crippen MR) is 131 cm³/mol. The van der Waals surface area contributed by atoms with E-state index in [4.69, 9.17) is 0 Å². The monoisotopic (exact) mass is 464 g/mol. The number of piperazine rings is 1. The second-order valence-corrected chi connectivity index (χ2v) is 10.2. The number of hydrogen-bond donors (Lipinski definition) is 1. The number of carbonyl (C=O) groups is 2. The molecule has 0 unspecified atom stereocenters. The van der Waals surface area contributed by atoms with Crippen LogP contribution in [0.2, 0.25) is 0 Å². The van der Waals surface area contributed by atoms with E-state index in [1.165, 1.54) is 16.9 Å². The van der Waals surface area contributed by atoms with E-state index >= 15 is 0 Å². The quantitative estimate of drug-likeness (QED) is 0.658. The molecule has 2 aromatic rings. The molecule has 0 radical (unpaired) electrons. The van der Waals surface area contributed by atoms with Crippen molar-refractivity contribution in [3.05, 3.63) is 51.4 Å². The lowest BCUT2D eigenvalue weighted by Crippen LogP contribution is -2.49. The Balaban J connectivity index is 1.22. The van der Waals surface area contributed by atoms with Crippen molar-refractivity contribution in [2.75, 3.05) is 38.0 Å². The van der Waals surface area contributed by atoms with Crippen LogP contribution in [-0.4, -0.2) is 54.3 Å². The molecule has 33 heavy (non-hydrogen) atoms. The number of nitrogens with one attached hydrogen (secondary N) is 1. The van der Waals surface area contributed by atoms with Crippen LogP contribution >= 0.6 is 11.3 Å². The van der Waals surface area contributed by atoms with Crippen LogP contribution in [0.5, 0.6) is 0 Å². The van der Waals surface area contributed by atoms with Gasteiger partial charge < -0.3 is 10.2 Å². The minimum absolute atomic E-state index is 0.0409. The van der Waals surface area contributed by atoms with Crippen LogP contribution in [0.15, 0.2) is 24.3 Å². The van der Waals surface area contributed by atoms with Crippen LogP contribution in [0.4, 0.5) is 5.00 Å². The molecule has 7 heteroatoms. The Bertz CT molecular complexity index is 1030. The van der Waals surface area contributed by atoms with Gasteiger partial charge in [-0.3, -0.25) is 14.5 Å². The first kappa shape index (κ1) is 23.5. The highest BCUT2D eigenvalue weighted by Crippen LogP contribution is 2.37. The van der Waals surface area contributed by atoms with Gasteiger partial charge in [-0.1, -0.05) is 36.2 Å². The van der Waals surface area contributed by atoms with Crippen molar-refractivity contribution in [1.29, 1.82) is 5.26 Å². The molecule has 1 aromatic carbocycles. The maximum atomic E-state index is 12.6. The number of carbonyl (C=O) groups excluding carboxylic acids is 2. The van der Waals surface area contributed by atoms with Gasteiger partial charge in [-0.2, -0.15) is 5.26 Å². The number of nitriles is 1. The Morgan fingerprint density at radius 1 is 1.06 bits per heavy atom. The summed E-state index contributed by atoms with van der Waals surface area (Å²) >= 11 is 1.58. The molecule has 2 aliphatic rings. The number of nitrogens with zero attached hydrogens (tertiary/aromatic N) is 3. The first-order chi connectivity index (χ1) is 16.0. The Kier molecular flexibility index (Phi) is 7.79. The molecule has 1 fully saturated rings. The van der Waals surface area contributed by atoms with E-state index in [1.54, 1.807) is 11.3 Å². The Morgan fingerprint density at radius 3 is 2.52 bits per heavy atom. The zero-order valence-electron chi connectivity index (χ0n) is 19.4. The number of thiophene rings is 1. The average molecular weight is 465 g/mol. The van der Waals surface area contributed by atoms with Crippen molar-refractivity contribution in [1.82, 2.24) is 9.80 Å². The molecule has 1 N–H and O–H groups in total. The number of hydrogen-bond acceptors (Lipinski definition) is 5. The molecule has 1 aliphatic heterocycles. The second kappa shape index (κ2) is 11.0. The van der Waals surface area contributed by atoms with Gasteiger partial charge in [0.2, 0.25) is 11.8 Å². The highest BCUT2D eigenvalue weighted by atomic mass is 32.1. The van der Waals surface area contributed by atoms with Gasteiger partial charge in [0.15, 0.2) is 0 Å². The molecule has 0 saturated carbocycles. The van der Waals surface area contributed by atoms with Crippen molar-refractivity contribution < 1.29 is 9.59 Å². The minimum Gasteiger partial charge on any atom is -0.340 e. The fourth-order valence-corrected chi connectivity index (χ4v) is 5.87. The van der Waals surface area contributed by atoms with Crippen LogP contribution in [-0.2, 0) is 28.9 Å². The molecule has 2 heterocycles. The van der Waals surface area contributed by atoms with Crippen molar-refractivity contribution >= 4 is 28.2 Å². The number of amides is 2. The Labute approximate surface area is 200 Å². The van der Waals surface area contributed by atoms with Crippen molar-refractivity contribution in [3.8, 4) is 6.07 Å². The molecule has 0 spiro atoms. The van der Waals surface area contributed by atoms with Crippen molar-refractivity contribution in [2.24, 2.45) is 0 Å². The Hall–Kier alpha value is -2.69. The molecular formula is C26H32N4O2S. The van der Waals surface area contributed by atoms with Gasteiger partial charge in [-0.05, 0) is 43.7 Å². The number of benzene rings is 1.